The van der Waals surface area contributed by atoms with Crippen LogP contribution in [0.2, 0.25) is 0 Å². The van der Waals surface area contributed by atoms with Crippen molar-refractivity contribution >= 4 is 6.09 Å². The van der Waals surface area contributed by atoms with E-state index in [4.69, 9.17) is 4.74 Å². The van der Waals surface area contributed by atoms with Gasteiger partial charge in [-0.2, -0.15) is 4.79 Å². The highest BCUT2D eigenvalue weighted by Gasteiger charge is 2.18. The second-order valence-electron chi connectivity index (χ2n) is 4.60. The molecule has 0 amide bonds. The fourth-order valence-electron chi connectivity index (χ4n) is 0.911. The highest BCUT2D eigenvalue weighted by Crippen LogP contribution is 2.13. The van der Waals surface area contributed by atoms with Crippen LogP contribution in [-0.2, 0) is 11.8 Å². The predicted molar refractivity (Wildman–Crippen MR) is 51.8 cm³/mol. The molecule has 0 aliphatic rings. The van der Waals surface area contributed by atoms with Crippen LogP contribution in [0.3, 0.4) is 0 Å². The summed E-state index contributed by atoms with van der Waals surface area (Å²) in [4.78, 5) is 11.4. The van der Waals surface area contributed by atoms with E-state index in [1.807, 2.05) is 27.8 Å². The second-order valence-corrected chi connectivity index (χ2v) is 4.60. The number of hydrogen-bond donors (Lipinski definition) is 0. The van der Waals surface area contributed by atoms with Crippen molar-refractivity contribution in [1.82, 2.24) is 4.57 Å². The Balaban J connectivity index is 2.52. The van der Waals surface area contributed by atoms with Crippen LogP contribution in [0.1, 0.15) is 20.8 Å². The average Bonchev–Trinajstić information content (AvgIpc) is 2.46. The van der Waals surface area contributed by atoms with Crippen molar-refractivity contribution in [3.8, 4) is 0 Å². The van der Waals surface area contributed by atoms with E-state index in [0.29, 0.717) is 6.61 Å². The third kappa shape index (κ3) is 3.20. The fraction of sp³-hybridized carbons (Fsp3) is 0.600. The van der Waals surface area contributed by atoms with Gasteiger partial charge in [-0.25, -0.2) is 4.57 Å². The van der Waals surface area contributed by atoms with Gasteiger partial charge in [0.1, 0.15) is 19.0 Å². The van der Waals surface area contributed by atoms with Gasteiger partial charge in [0.2, 0.25) is 0 Å². The van der Waals surface area contributed by atoms with Gasteiger partial charge in [0.15, 0.2) is 0 Å². The van der Waals surface area contributed by atoms with E-state index in [0.717, 1.165) is 0 Å². The second kappa shape index (κ2) is 3.82. The van der Waals surface area contributed by atoms with Crippen LogP contribution in [0, 0.1) is 5.41 Å². The van der Waals surface area contributed by atoms with Crippen molar-refractivity contribution in [3.05, 3.63) is 18.7 Å². The molecule has 0 saturated carbocycles. The predicted octanol–water partition coefficient (Wildman–Crippen LogP) is 1.34. The lowest BCUT2D eigenvalue weighted by Crippen LogP contribution is -2.26. The Morgan fingerprint density at radius 1 is 1.50 bits per heavy atom. The maximum Gasteiger partial charge on any atom is 0.511 e. The minimum Gasteiger partial charge on any atom is -0.430 e. The summed E-state index contributed by atoms with van der Waals surface area (Å²) in [7, 11) is 1.85. The number of imidazole rings is 1. The highest BCUT2D eigenvalue weighted by atomic mass is 16.5. The maximum atomic E-state index is 11.4. The lowest BCUT2D eigenvalue weighted by Gasteiger charge is -2.16. The van der Waals surface area contributed by atoms with Crippen molar-refractivity contribution in [2.24, 2.45) is 12.5 Å². The summed E-state index contributed by atoms with van der Waals surface area (Å²) in [6.07, 6.45) is 4.80. The van der Waals surface area contributed by atoms with Crippen LogP contribution in [0.25, 0.3) is 0 Å². The third-order valence-electron chi connectivity index (χ3n) is 1.61. The number of nitrogens with zero attached hydrogens (tertiary/aromatic N) is 2. The Hall–Kier alpha value is -1.32. The van der Waals surface area contributed by atoms with E-state index in [1.165, 1.54) is 4.57 Å². The van der Waals surface area contributed by atoms with Crippen LogP contribution in [0.4, 0.5) is 4.79 Å². The Morgan fingerprint density at radius 3 is 2.57 bits per heavy atom. The molecule has 1 aromatic heterocycles. The van der Waals surface area contributed by atoms with Gasteiger partial charge < -0.3 is 4.74 Å². The van der Waals surface area contributed by atoms with Gasteiger partial charge in [0, 0.05) is 0 Å². The van der Waals surface area contributed by atoms with E-state index in [-0.39, 0.29) is 11.5 Å². The summed E-state index contributed by atoms with van der Waals surface area (Å²) in [5.41, 5.74) is 0.00496. The molecule has 0 unspecified atom stereocenters. The topological polar surface area (TPSA) is 35.1 Å². The summed E-state index contributed by atoms with van der Waals surface area (Å²) >= 11 is 0. The maximum absolute atomic E-state index is 11.4. The number of aromatic nitrogens is 2. The Labute approximate surface area is 84.1 Å². The lowest BCUT2D eigenvalue weighted by molar-refractivity contribution is -0.670. The average molecular weight is 197 g/mol. The van der Waals surface area contributed by atoms with Crippen LogP contribution in [0.15, 0.2) is 18.7 Å². The first-order chi connectivity index (χ1) is 6.38. The minimum absolute atomic E-state index is 0.00496. The molecule has 4 nitrogen and oxygen atoms in total. The molecule has 0 saturated heterocycles. The molecule has 0 aliphatic heterocycles. The summed E-state index contributed by atoms with van der Waals surface area (Å²) in [6.45, 7) is 6.50. The van der Waals surface area contributed by atoms with Gasteiger partial charge in [0.05, 0.1) is 7.05 Å². The summed E-state index contributed by atoms with van der Waals surface area (Å²) < 4.78 is 8.33. The van der Waals surface area contributed by atoms with Gasteiger partial charge >= 0.3 is 6.09 Å². The van der Waals surface area contributed by atoms with Crippen molar-refractivity contribution in [2.75, 3.05) is 6.61 Å². The summed E-state index contributed by atoms with van der Waals surface area (Å²) in [5.74, 6) is 0. The third-order valence-corrected chi connectivity index (χ3v) is 1.61. The SMILES string of the molecule is C[n+]1ccn(C(=O)OCC(C)(C)C)c1. The molecule has 0 aliphatic carbocycles. The molecule has 0 bridgehead atoms. The molecule has 14 heavy (non-hydrogen) atoms. The molecule has 0 aromatic carbocycles. The van der Waals surface area contributed by atoms with Gasteiger partial charge in [-0.05, 0) is 5.41 Å². The van der Waals surface area contributed by atoms with Crippen LogP contribution in [-0.4, -0.2) is 17.3 Å². The summed E-state index contributed by atoms with van der Waals surface area (Å²) in [6, 6.07) is 0. The molecule has 1 heterocycles. The number of rotatable bonds is 1. The van der Waals surface area contributed by atoms with E-state index in [9.17, 15) is 4.79 Å². The quantitative estimate of drug-likeness (QED) is 0.637. The molecule has 0 atom stereocenters. The fourth-order valence-corrected chi connectivity index (χ4v) is 0.911. The largest absolute Gasteiger partial charge is 0.511 e. The molecular weight excluding hydrogens is 180 g/mol. The van der Waals surface area contributed by atoms with Gasteiger partial charge in [-0.3, -0.25) is 0 Å². The number of carbonyl (C=O) groups excluding carboxylic acids is 1. The molecule has 0 N–H and O–H groups in total. The molecule has 1 aromatic rings. The molecule has 0 radical (unpaired) electrons. The van der Waals surface area contributed by atoms with E-state index in [2.05, 4.69) is 0 Å². The molecule has 4 heteroatoms. The number of carbonyl (C=O) groups is 1. The van der Waals surface area contributed by atoms with Crippen molar-refractivity contribution < 1.29 is 14.1 Å². The van der Waals surface area contributed by atoms with E-state index < -0.39 is 0 Å². The van der Waals surface area contributed by atoms with Crippen LogP contribution < -0.4 is 4.57 Å². The van der Waals surface area contributed by atoms with E-state index in [1.54, 1.807) is 23.3 Å². The Bertz CT molecular complexity index is 323. The lowest BCUT2D eigenvalue weighted by atomic mass is 9.99. The molecule has 0 spiro atoms. The van der Waals surface area contributed by atoms with Crippen LogP contribution >= 0.6 is 0 Å². The zero-order chi connectivity index (χ0) is 10.8. The van der Waals surface area contributed by atoms with E-state index >= 15 is 0 Å². The zero-order valence-electron chi connectivity index (χ0n) is 9.15. The van der Waals surface area contributed by atoms with Crippen molar-refractivity contribution in [2.45, 2.75) is 20.8 Å². The Morgan fingerprint density at radius 2 is 2.14 bits per heavy atom. The first kappa shape index (κ1) is 10.8. The molecular formula is C10H17N2O2+. The smallest absolute Gasteiger partial charge is 0.430 e. The summed E-state index contributed by atoms with van der Waals surface area (Å²) in [5, 5.41) is 0. The van der Waals surface area contributed by atoms with Gasteiger partial charge in [-0.15, -0.1) is 4.57 Å². The normalized spacial score (nSPS) is 11.4. The monoisotopic (exact) mass is 197 g/mol. The van der Waals surface area contributed by atoms with Gasteiger partial charge in [-0.1, -0.05) is 20.8 Å². The number of hydrogen-bond acceptors (Lipinski definition) is 2. The number of aryl methyl sites for hydroxylation is 1. The zero-order valence-corrected chi connectivity index (χ0v) is 9.15. The first-order valence-corrected chi connectivity index (χ1v) is 4.59. The van der Waals surface area contributed by atoms with Crippen molar-refractivity contribution in [1.29, 1.82) is 0 Å². The van der Waals surface area contributed by atoms with Gasteiger partial charge in [0.25, 0.3) is 6.33 Å². The van der Waals surface area contributed by atoms with Crippen LogP contribution in [0.5, 0.6) is 0 Å². The standard InChI is InChI=1S/C10H17N2O2/c1-10(2,3)7-14-9(13)12-6-5-11(4)8-12/h5-6,8H,7H2,1-4H3/q+1. The van der Waals surface area contributed by atoms with Crippen molar-refractivity contribution in [3.63, 3.8) is 0 Å². The first-order valence-electron chi connectivity index (χ1n) is 4.59. The Kier molecular flexibility index (Phi) is 2.93. The molecule has 78 valence electrons. The molecule has 0 fully saturated rings. The molecule has 1 rings (SSSR count). The number of ether oxygens (including phenoxy) is 1. The highest BCUT2D eigenvalue weighted by molar-refractivity contribution is 5.69. The minimum atomic E-state index is -0.333.